The Morgan fingerprint density at radius 1 is 1.06 bits per heavy atom. The number of carbonyl (C=O) groups excluding carboxylic acids is 2. The first kappa shape index (κ1) is 23.7. The van der Waals surface area contributed by atoms with E-state index in [0.717, 1.165) is 5.56 Å². The van der Waals surface area contributed by atoms with Crippen LogP contribution < -0.4 is 14.2 Å². The maximum Gasteiger partial charge on any atom is 0.255 e. The minimum Gasteiger partial charge on any atom is -0.493 e. The highest BCUT2D eigenvalue weighted by atomic mass is 35.5. The molecule has 2 amide bonds. The van der Waals surface area contributed by atoms with E-state index in [1.807, 2.05) is 19.1 Å². The van der Waals surface area contributed by atoms with Gasteiger partial charge in [-0.3, -0.25) is 9.59 Å². The Labute approximate surface area is 193 Å². The molecule has 1 aliphatic rings. The number of methoxy groups -OCH3 is 3. The van der Waals surface area contributed by atoms with Crippen LogP contribution in [-0.2, 0) is 4.79 Å². The molecule has 32 heavy (non-hydrogen) atoms. The number of carbonyl (C=O) groups is 2. The van der Waals surface area contributed by atoms with E-state index in [1.165, 1.54) is 0 Å². The third-order valence-electron chi connectivity index (χ3n) is 5.99. The van der Waals surface area contributed by atoms with Gasteiger partial charge in [0.2, 0.25) is 11.7 Å². The Hall–Kier alpha value is -2.93. The van der Waals surface area contributed by atoms with Crippen LogP contribution in [0.4, 0.5) is 0 Å². The van der Waals surface area contributed by atoms with E-state index in [-0.39, 0.29) is 17.7 Å². The van der Waals surface area contributed by atoms with Crippen molar-refractivity contribution in [3.8, 4) is 17.2 Å². The summed E-state index contributed by atoms with van der Waals surface area (Å²) in [5, 5.41) is 0.391. The maximum absolute atomic E-state index is 13.2. The lowest BCUT2D eigenvalue weighted by Gasteiger charge is -2.24. The molecular formula is C24H29ClN2O5. The fourth-order valence-electron chi connectivity index (χ4n) is 4.12. The number of benzene rings is 2. The molecule has 1 heterocycles. The highest BCUT2D eigenvalue weighted by Gasteiger charge is 2.42. The van der Waals surface area contributed by atoms with Gasteiger partial charge in [-0.05, 0) is 36.8 Å². The van der Waals surface area contributed by atoms with Gasteiger partial charge in [-0.1, -0.05) is 23.7 Å². The molecule has 8 heteroatoms. The maximum atomic E-state index is 13.2. The van der Waals surface area contributed by atoms with Crippen molar-refractivity contribution >= 4 is 23.4 Å². The van der Waals surface area contributed by atoms with Crippen LogP contribution in [0, 0.1) is 5.92 Å². The number of nitrogens with zero attached hydrogens (tertiary/aromatic N) is 2. The molecule has 2 atom stereocenters. The number of halogens is 1. The van der Waals surface area contributed by atoms with Crippen LogP contribution in [0.1, 0.15) is 28.8 Å². The molecule has 0 aliphatic carbocycles. The average Bonchev–Trinajstić information content (AvgIpc) is 3.27. The van der Waals surface area contributed by atoms with Gasteiger partial charge in [-0.25, -0.2) is 0 Å². The van der Waals surface area contributed by atoms with E-state index in [1.54, 1.807) is 62.4 Å². The van der Waals surface area contributed by atoms with Crippen molar-refractivity contribution in [1.82, 2.24) is 9.80 Å². The summed E-state index contributed by atoms with van der Waals surface area (Å²) in [6.07, 6.45) is 0. The zero-order valence-electron chi connectivity index (χ0n) is 19.1. The minimum atomic E-state index is -0.408. The molecule has 2 aromatic carbocycles. The van der Waals surface area contributed by atoms with Crippen LogP contribution in [-0.4, -0.2) is 69.6 Å². The first-order valence-corrected chi connectivity index (χ1v) is 10.8. The molecule has 2 aromatic rings. The molecule has 0 saturated carbocycles. The molecule has 0 unspecified atom stereocenters. The first-order valence-electron chi connectivity index (χ1n) is 10.4. The topological polar surface area (TPSA) is 68.3 Å². The molecule has 0 bridgehead atoms. The fraction of sp³-hybridized carbons (Fsp3) is 0.417. The number of hydrogen-bond donors (Lipinski definition) is 0. The summed E-state index contributed by atoms with van der Waals surface area (Å²) >= 11 is 6.27. The molecule has 0 radical (unpaired) electrons. The van der Waals surface area contributed by atoms with Crippen molar-refractivity contribution in [2.75, 3.05) is 48.0 Å². The lowest BCUT2D eigenvalue weighted by molar-refractivity contribution is -0.133. The van der Waals surface area contributed by atoms with Crippen LogP contribution in [0.2, 0.25) is 5.02 Å². The Bertz CT molecular complexity index is 971. The molecule has 0 N–H and O–H groups in total. The van der Waals surface area contributed by atoms with Crippen LogP contribution in [0.25, 0.3) is 0 Å². The van der Waals surface area contributed by atoms with Gasteiger partial charge >= 0.3 is 0 Å². The van der Waals surface area contributed by atoms with Gasteiger partial charge in [-0.15, -0.1) is 0 Å². The number of rotatable bonds is 7. The number of amides is 2. The summed E-state index contributed by atoms with van der Waals surface area (Å²) in [5.41, 5.74) is 1.27. The van der Waals surface area contributed by atoms with E-state index in [4.69, 9.17) is 25.8 Å². The van der Waals surface area contributed by atoms with E-state index >= 15 is 0 Å². The van der Waals surface area contributed by atoms with Crippen LogP contribution in [0.5, 0.6) is 17.2 Å². The molecule has 0 spiro atoms. The minimum absolute atomic E-state index is 0.0132. The van der Waals surface area contributed by atoms with Crippen molar-refractivity contribution < 1.29 is 23.8 Å². The summed E-state index contributed by atoms with van der Waals surface area (Å²) in [6, 6.07) is 10.6. The normalized spacial score (nSPS) is 17.8. The predicted octanol–water partition coefficient (Wildman–Crippen LogP) is 3.70. The molecule has 0 aromatic heterocycles. The third kappa shape index (κ3) is 4.48. The van der Waals surface area contributed by atoms with Gasteiger partial charge in [0.05, 0.1) is 37.8 Å². The van der Waals surface area contributed by atoms with Crippen LogP contribution in [0.15, 0.2) is 36.4 Å². The smallest absolute Gasteiger partial charge is 0.255 e. The second-order valence-corrected chi connectivity index (χ2v) is 8.12. The first-order chi connectivity index (χ1) is 15.4. The molecule has 3 rings (SSSR count). The molecule has 1 aliphatic heterocycles. The quantitative estimate of drug-likeness (QED) is 0.630. The molecule has 172 valence electrons. The Morgan fingerprint density at radius 3 is 2.22 bits per heavy atom. The van der Waals surface area contributed by atoms with Gasteiger partial charge in [0, 0.05) is 32.6 Å². The lowest BCUT2D eigenvalue weighted by Crippen LogP contribution is -2.37. The highest BCUT2D eigenvalue weighted by molar-refractivity contribution is 6.33. The fourth-order valence-corrected chi connectivity index (χ4v) is 4.33. The predicted molar refractivity (Wildman–Crippen MR) is 123 cm³/mol. The standard InChI is InChI=1S/C24H29ClN2O5/c1-6-26(2)23(28)18-14-27(24(29)16-9-7-8-10-19(16)25)13-17(18)15-11-20(30-3)22(32-5)21(12-15)31-4/h7-12,17-18H,6,13-14H2,1-5H3/t17-,18-/m0/s1. The van der Waals surface area contributed by atoms with E-state index < -0.39 is 5.92 Å². The van der Waals surface area contributed by atoms with Gasteiger partial charge in [-0.2, -0.15) is 0 Å². The largest absolute Gasteiger partial charge is 0.493 e. The van der Waals surface area contributed by atoms with Gasteiger partial charge in [0.25, 0.3) is 5.91 Å². The van der Waals surface area contributed by atoms with Crippen LogP contribution in [0.3, 0.4) is 0 Å². The average molecular weight is 461 g/mol. The van der Waals surface area contributed by atoms with Gasteiger partial charge in [0.1, 0.15) is 0 Å². The van der Waals surface area contributed by atoms with Crippen molar-refractivity contribution in [1.29, 1.82) is 0 Å². The Kier molecular flexibility index (Phi) is 7.51. The van der Waals surface area contributed by atoms with Crippen LogP contribution >= 0.6 is 11.6 Å². The molecule has 1 saturated heterocycles. The summed E-state index contributed by atoms with van der Waals surface area (Å²) in [6.45, 7) is 3.18. The Balaban J connectivity index is 2.03. The SMILES string of the molecule is CCN(C)C(=O)[C@H]1CN(C(=O)c2ccccc2Cl)C[C@H]1c1cc(OC)c(OC)c(OC)c1. The second-order valence-electron chi connectivity index (χ2n) is 7.71. The number of ether oxygens (including phenoxy) is 3. The highest BCUT2D eigenvalue weighted by Crippen LogP contribution is 2.43. The van der Waals surface area contributed by atoms with Crippen molar-refractivity contribution in [2.45, 2.75) is 12.8 Å². The summed E-state index contributed by atoms with van der Waals surface area (Å²) in [5.74, 6) is 0.642. The Morgan fingerprint density at radius 2 is 1.69 bits per heavy atom. The zero-order valence-corrected chi connectivity index (χ0v) is 19.8. The third-order valence-corrected chi connectivity index (χ3v) is 6.32. The lowest BCUT2D eigenvalue weighted by atomic mass is 9.87. The number of hydrogen-bond acceptors (Lipinski definition) is 5. The van der Waals surface area contributed by atoms with Crippen molar-refractivity contribution in [3.63, 3.8) is 0 Å². The molecule has 1 fully saturated rings. The molecule has 7 nitrogen and oxygen atoms in total. The van der Waals surface area contributed by atoms with Gasteiger partial charge < -0.3 is 24.0 Å². The second kappa shape index (κ2) is 10.1. The summed E-state index contributed by atoms with van der Waals surface area (Å²) in [4.78, 5) is 29.9. The van der Waals surface area contributed by atoms with E-state index in [2.05, 4.69) is 0 Å². The van der Waals surface area contributed by atoms with E-state index in [0.29, 0.717) is 47.5 Å². The summed E-state index contributed by atoms with van der Waals surface area (Å²) < 4.78 is 16.4. The monoisotopic (exact) mass is 460 g/mol. The van der Waals surface area contributed by atoms with Crippen molar-refractivity contribution in [2.24, 2.45) is 5.92 Å². The molecular weight excluding hydrogens is 432 g/mol. The zero-order chi connectivity index (χ0) is 23.4. The number of likely N-dealkylation sites (tertiary alicyclic amines) is 1. The summed E-state index contributed by atoms with van der Waals surface area (Å²) in [7, 11) is 6.42. The van der Waals surface area contributed by atoms with Gasteiger partial charge in [0.15, 0.2) is 11.5 Å². The van der Waals surface area contributed by atoms with Crippen molar-refractivity contribution in [3.05, 3.63) is 52.5 Å². The van der Waals surface area contributed by atoms with E-state index in [9.17, 15) is 9.59 Å².